The van der Waals surface area contributed by atoms with Gasteiger partial charge in [-0.05, 0) is 47.5 Å². The van der Waals surface area contributed by atoms with Crippen LogP contribution in [-0.2, 0) is 6.42 Å². The lowest BCUT2D eigenvalue weighted by Crippen LogP contribution is -2.29. The molecule has 0 spiro atoms. The summed E-state index contributed by atoms with van der Waals surface area (Å²) in [6.45, 7) is 2.13. The van der Waals surface area contributed by atoms with E-state index in [9.17, 15) is 0 Å². The fourth-order valence-electron chi connectivity index (χ4n) is 2.38. The van der Waals surface area contributed by atoms with Crippen molar-refractivity contribution in [1.82, 2.24) is 10.4 Å². The van der Waals surface area contributed by atoms with Gasteiger partial charge in [0.2, 0.25) is 0 Å². The van der Waals surface area contributed by atoms with Gasteiger partial charge in [0.05, 0.1) is 16.3 Å². The van der Waals surface area contributed by atoms with Crippen LogP contribution < -0.4 is 11.3 Å². The number of aryl methyl sites for hydroxylation is 1. The molecule has 0 aliphatic carbocycles. The minimum absolute atomic E-state index is 0.0788. The van der Waals surface area contributed by atoms with Crippen molar-refractivity contribution in [3.63, 3.8) is 0 Å². The molecule has 2 heterocycles. The number of hydrogen-bond acceptors (Lipinski definition) is 4. The standard InChI is InChI=1S/C16H17N3S/c1-11-4-2-3-5-12(11)8-15(19-17)13-9-16-14(18-10-13)6-7-20-16/h2-7,9-10,15,19H,8,17H2,1H3. The van der Waals surface area contributed by atoms with E-state index < -0.39 is 0 Å². The quantitative estimate of drug-likeness (QED) is 0.570. The first kappa shape index (κ1) is 13.2. The van der Waals surface area contributed by atoms with Crippen molar-refractivity contribution < 1.29 is 0 Å². The maximum atomic E-state index is 5.75. The number of hydrogen-bond donors (Lipinski definition) is 2. The lowest BCUT2D eigenvalue weighted by molar-refractivity contribution is 0.550. The zero-order valence-corrected chi connectivity index (χ0v) is 12.2. The second-order valence-corrected chi connectivity index (χ2v) is 5.87. The van der Waals surface area contributed by atoms with Crippen LogP contribution in [0.1, 0.15) is 22.7 Å². The summed E-state index contributed by atoms with van der Waals surface area (Å²) in [4.78, 5) is 4.49. The molecule has 3 N–H and O–H groups in total. The summed E-state index contributed by atoms with van der Waals surface area (Å²) >= 11 is 1.71. The molecule has 3 rings (SSSR count). The van der Waals surface area contributed by atoms with Gasteiger partial charge in [-0.15, -0.1) is 11.3 Å². The monoisotopic (exact) mass is 283 g/mol. The van der Waals surface area contributed by atoms with Gasteiger partial charge in [-0.2, -0.15) is 0 Å². The van der Waals surface area contributed by atoms with Crippen LogP contribution in [0.15, 0.2) is 48.0 Å². The molecule has 0 radical (unpaired) electrons. The topological polar surface area (TPSA) is 50.9 Å². The van der Waals surface area contributed by atoms with E-state index in [-0.39, 0.29) is 6.04 Å². The molecule has 1 unspecified atom stereocenters. The maximum Gasteiger partial charge on any atom is 0.0809 e. The number of nitrogens with one attached hydrogen (secondary N) is 1. The Morgan fingerprint density at radius 1 is 1.30 bits per heavy atom. The van der Waals surface area contributed by atoms with E-state index in [4.69, 9.17) is 5.84 Å². The average molecular weight is 283 g/mol. The fraction of sp³-hybridized carbons (Fsp3) is 0.188. The fourth-order valence-corrected chi connectivity index (χ4v) is 3.17. The van der Waals surface area contributed by atoms with E-state index in [1.165, 1.54) is 15.8 Å². The Balaban J connectivity index is 1.91. The molecule has 20 heavy (non-hydrogen) atoms. The van der Waals surface area contributed by atoms with Gasteiger partial charge in [0.15, 0.2) is 0 Å². The van der Waals surface area contributed by atoms with E-state index in [0.717, 1.165) is 17.5 Å². The Morgan fingerprint density at radius 2 is 2.15 bits per heavy atom. The number of aromatic nitrogens is 1. The van der Waals surface area contributed by atoms with Gasteiger partial charge in [0.25, 0.3) is 0 Å². The smallest absolute Gasteiger partial charge is 0.0809 e. The van der Waals surface area contributed by atoms with Gasteiger partial charge in [0.1, 0.15) is 0 Å². The molecule has 0 bridgehead atoms. The van der Waals surface area contributed by atoms with E-state index in [0.29, 0.717) is 0 Å². The third-order valence-electron chi connectivity index (χ3n) is 3.61. The first-order valence-electron chi connectivity index (χ1n) is 6.61. The van der Waals surface area contributed by atoms with Gasteiger partial charge in [-0.25, -0.2) is 0 Å². The summed E-state index contributed by atoms with van der Waals surface area (Å²) in [6, 6.07) is 12.7. The highest BCUT2D eigenvalue weighted by atomic mass is 32.1. The van der Waals surface area contributed by atoms with Gasteiger partial charge in [-0.3, -0.25) is 16.3 Å². The molecule has 4 heteroatoms. The second kappa shape index (κ2) is 5.71. The van der Waals surface area contributed by atoms with Crippen LogP contribution in [0, 0.1) is 6.92 Å². The highest BCUT2D eigenvalue weighted by Gasteiger charge is 2.13. The maximum absolute atomic E-state index is 5.75. The van der Waals surface area contributed by atoms with Gasteiger partial charge < -0.3 is 0 Å². The summed E-state index contributed by atoms with van der Waals surface area (Å²) < 4.78 is 1.20. The third kappa shape index (κ3) is 2.58. The minimum Gasteiger partial charge on any atom is -0.271 e. The van der Waals surface area contributed by atoms with Crippen LogP contribution in [-0.4, -0.2) is 4.98 Å². The number of nitrogens with two attached hydrogens (primary N) is 1. The van der Waals surface area contributed by atoms with Crippen molar-refractivity contribution in [3.8, 4) is 0 Å². The third-order valence-corrected chi connectivity index (χ3v) is 4.47. The van der Waals surface area contributed by atoms with E-state index in [2.05, 4.69) is 53.0 Å². The number of pyridine rings is 1. The van der Waals surface area contributed by atoms with Crippen LogP contribution in [0.4, 0.5) is 0 Å². The average Bonchev–Trinajstić information content (AvgIpc) is 2.94. The minimum atomic E-state index is 0.0788. The Bertz CT molecular complexity index is 720. The molecule has 3 aromatic rings. The number of thiophene rings is 1. The van der Waals surface area contributed by atoms with Gasteiger partial charge >= 0.3 is 0 Å². The predicted octanol–water partition coefficient (Wildman–Crippen LogP) is 3.35. The lowest BCUT2D eigenvalue weighted by Gasteiger charge is -2.17. The molecule has 0 fully saturated rings. The molecule has 0 amide bonds. The Morgan fingerprint density at radius 3 is 2.95 bits per heavy atom. The van der Waals surface area contributed by atoms with Crippen LogP contribution in [0.3, 0.4) is 0 Å². The molecule has 1 aromatic carbocycles. The van der Waals surface area contributed by atoms with Crippen LogP contribution in [0.25, 0.3) is 10.2 Å². The van der Waals surface area contributed by atoms with Crippen LogP contribution in [0.5, 0.6) is 0 Å². The van der Waals surface area contributed by atoms with E-state index in [1.54, 1.807) is 11.3 Å². The van der Waals surface area contributed by atoms with E-state index in [1.807, 2.05) is 12.3 Å². The molecular weight excluding hydrogens is 266 g/mol. The van der Waals surface area contributed by atoms with Crippen molar-refractivity contribution in [1.29, 1.82) is 0 Å². The lowest BCUT2D eigenvalue weighted by atomic mass is 9.97. The first-order valence-corrected chi connectivity index (χ1v) is 7.49. The summed E-state index contributed by atoms with van der Waals surface area (Å²) in [5.41, 5.74) is 7.69. The molecule has 2 aromatic heterocycles. The number of hydrazine groups is 1. The van der Waals surface area contributed by atoms with Crippen molar-refractivity contribution >= 4 is 21.6 Å². The number of rotatable bonds is 4. The van der Waals surface area contributed by atoms with Crippen LogP contribution >= 0.6 is 11.3 Å². The second-order valence-electron chi connectivity index (χ2n) is 4.92. The number of nitrogens with zero attached hydrogens (tertiary/aromatic N) is 1. The molecule has 0 aliphatic heterocycles. The SMILES string of the molecule is Cc1ccccc1CC(NN)c1cnc2ccsc2c1. The summed E-state index contributed by atoms with van der Waals surface area (Å²) in [7, 11) is 0. The molecule has 3 nitrogen and oxygen atoms in total. The highest BCUT2D eigenvalue weighted by molar-refractivity contribution is 7.17. The molecule has 0 saturated carbocycles. The summed E-state index contributed by atoms with van der Waals surface area (Å²) in [5.74, 6) is 5.75. The summed E-state index contributed by atoms with van der Waals surface area (Å²) in [5, 5.41) is 2.06. The Labute approximate surface area is 122 Å². The molecule has 102 valence electrons. The Hall–Kier alpha value is -1.75. The molecule has 1 atom stereocenters. The normalized spacial score (nSPS) is 12.7. The molecular formula is C16H17N3S. The zero-order chi connectivity index (χ0) is 13.9. The predicted molar refractivity (Wildman–Crippen MR) is 84.6 cm³/mol. The van der Waals surface area contributed by atoms with Crippen LogP contribution in [0.2, 0.25) is 0 Å². The molecule has 0 aliphatic rings. The van der Waals surface area contributed by atoms with Gasteiger partial charge in [-0.1, -0.05) is 24.3 Å². The van der Waals surface area contributed by atoms with Crippen molar-refractivity contribution in [3.05, 3.63) is 64.7 Å². The molecule has 0 saturated heterocycles. The first-order chi connectivity index (χ1) is 9.78. The largest absolute Gasteiger partial charge is 0.271 e. The highest BCUT2D eigenvalue weighted by Crippen LogP contribution is 2.25. The van der Waals surface area contributed by atoms with Crippen molar-refractivity contribution in [2.45, 2.75) is 19.4 Å². The van der Waals surface area contributed by atoms with Crippen molar-refractivity contribution in [2.24, 2.45) is 5.84 Å². The number of fused-ring (bicyclic) bond motifs is 1. The van der Waals surface area contributed by atoms with E-state index >= 15 is 0 Å². The van der Waals surface area contributed by atoms with Gasteiger partial charge in [0, 0.05) is 6.20 Å². The number of benzene rings is 1. The summed E-state index contributed by atoms with van der Waals surface area (Å²) in [6.07, 6.45) is 2.78. The Kier molecular flexibility index (Phi) is 3.78. The zero-order valence-electron chi connectivity index (χ0n) is 11.3. The van der Waals surface area contributed by atoms with Crippen molar-refractivity contribution in [2.75, 3.05) is 0 Å².